The first-order valence-electron chi connectivity index (χ1n) is 7.51. The van der Waals surface area contributed by atoms with E-state index in [1.54, 1.807) is 7.98 Å². The van der Waals surface area contributed by atoms with Gasteiger partial charge in [0.2, 0.25) is 13.9 Å². The largest absolute Gasteiger partial charge is 0.413 e. The summed E-state index contributed by atoms with van der Waals surface area (Å²) in [5.41, 5.74) is 4.97. The lowest BCUT2D eigenvalue weighted by Gasteiger charge is -2.25. The van der Waals surface area contributed by atoms with Gasteiger partial charge in [-0.3, -0.25) is 9.59 Å². The molecule has 0 spiro atoms. The molecule has 8 nitrogen and oxygen atoms in total. The molecule has 0 fully saturated rings. The maximum atomic E-state index is 12.4. The first kappa shape index (κ1) is 21.2. The molecule has 0 aromatic heterocycles. The molecule has 0 heterocycles. The number of hydrogen-bond donors (Lipinski definition) is 5. The van der Waals surface area contributed by atoms with Crippen LogP contribution in [0.25, 0.3) is 0 Å². The molecule has 23 heavy (non-hydrogen) atoms. The van der Waals surface area contributed by atoms with Gasteiger partial charge in [-0.05, 0) is 37.9 Å². The normalized spacial score (nSPS) is 12.9. The molecule has 3 amide bonds. The summed E-state index contributed by atoms with van der Waals surface area (Å²) in [6.45, 7) is 5.54. The highest BCUT2D eigenvalue weighted by molar-refractivity contribution is 7.80. The van der Waals surface area contributed by atoms with Crippen molar-refractivity contribution in [2.75, 3.05) is 6.54 Å². The van der Waals surface area contributed by atoms with E-state index >= 15 is 0 Å². The average molecular weight is 343 g/mol. The number of carbonyl (C=O) groups excluding carboxylic acids is 3. The fourth-order valence-corrected chi connectivity index (χ4v) is 2.03. The number of rotatable bonds is 9. The van der Waals surface area contributed by atoms with Crippen molar-refractivity contribution in [3.63, 3.8) is 0 Å². The lowest BCUT2D eigenvalue weighted by molar-refractivity contribution is -0.128. The average Bonchev–Trinajstić information content (AvgIpc) is 2.46. The molecule has 10 heteroatoms. The molecule has 0 saturated carbocycles. The van der Waals surface area contributed by atoms with Crippen molar-refractivity contribution in [1.29, 1.82) is 0 Å². The molecule has 0 bridgehead atoms. The van der Waals surface area contributed by atoms with E-state index < -0.39 is 18.1 Å². The second-order valence-corrected chi connectivity index (χ2v) is 5.96. The molecule has 0 saturated heterocycles. The topological polar surface area (TPSA) is 125 Å². The standard InChI is InChI=1S/C13H26BN5O3S/c1-7(2)10(18-13(23)19-14)11(21)17-9(8(3)20)5-4-6-16-12(15)22/h7,9-10H,4-6,14H2,1-3H3,(H,17,21)(H3,15,16,22)(H2,18,19,23)/t9-,10-/m0/s1. The summed E-state index contributed by atoms with van der Waals surface area (Å²) in [7, 11) is 1.66. The lowest BCUT2D eigenvalue weighted by Crippen LogP contribution is -2.55. The minimum absolute atomic E-state index is 0.00886. The highest BCUT2D eigenvalue weighted by atomic mass is 32.1. The Kier molecular flexibility index (Phi) is 9.96. The number of nitrogens with one attached hydrogen (secondary N) is 4. The van der Waals surface area contributed by atoms with Gasteiger partial charge in [0.1, 0.15) is 6.04 Å². The third-order valence-electron chi connectivity index (χ3n) is 3.24. The molecule has 2 atom stereocenters. The van der Waals surface area contributed by atoms with E-state index in [0.29, 0.717) is 24.5 Å². The fraction of sp³-hybridized carbons (Fsp3) is 0.692. The van der Waals surface area contributed by atoms with E-state index in [0.717, 1.165) is 0 Å². The van der Waals surface area contributed by atoms with Crippen LogP contribution in [-0.4, -0.2) is 49.4 Å². The number of amides is 3. The molecular weight excluding hydrogens is 317 g/mol. The maximum Gasteiger partial charge on any atom is 0.312 e. The summed E-state index contributed by atoms with van der Waals surface area (Å²) in [4.78, 5) is 34.7. The van der Waals surface area contributed by atoms with Crippen LogP contribution in [0.15, 0.2) is 0 Å². The minimum atomic E-state index is -0.613. The highest BCUT2D eigenvalue weighted by Crippen LogP contribution is 2.05. The second-order valence-electron chi connectivity index (χ2n) is 5.55. The summed E-state index contributed by atoms with van der Waals surface area (Å²) in [5, 5.41) is 11.2. The first-order chi connectivity index (χ1) is 10.7. The van der Waals surface area contributed by atoms with Crippen molar-refractivity contribution in [2.24, 2.45) is 11.7 Å². The second kappa shape index (κ2) is 10.8. The number of hydrogen-bond acceptors (Lipinski definition) is 4. The zero-order chi connectivity index (χ0) is 18.0. The fourth-order valence-electron chi connectivity index (χ4n) is 1.90. The predicted octanol–water partition coefficient (Wildman–Crippen LogP) is -1.45. The van der Waals surface area contributed by atoms with Crippen LogP contribution in [0.3, 0.4) is 0 Å². The summed E-state index contributed by atoms with van der Waals surface area (Å²) in [6, 6.07) is -1.76. The molecule has 0 rings (SSSR count). The Morgan fingerprint density at radius 3 is 2.26 bits per heavy atom. The van der Waals surface area contributed by atoms with Crippen LogP contribution in [0.4, 0.5) is 4.79 Å². The molecule has 0 aromatic rings. The van der Waals surface area contributed by atoms with Crippen molar-refractivity contribution in [3.8, 4) is 0 Å². The van der Waals surface area contributed by atoms with E-state index in [1.165, 1.54) is 6.92 Å². The molecule has 6 N–H and O–H groups in total. The number of thiocarbonyl (C=S) groups is 1. The van der Waals surface area contributed by atoms with E-state index in [9.17, 15) is 14.4 Å². The summed E-state index contributed by atoms with van der Waals surface area (Å²) in [5.74, 6) is -0.442. The third kappa shape index (κ3) is 9.02. The van der Waals surface area contributed by atoms with E-state index in [2.05, 4.69) is 21.2 Å². The lowest BCUT2D eigenvalue weighted by atomic mass is 10.0. The Labute approximate surface area is 143 Å². The van der Waals surface area contributed by atoms with Crippen LogP contribution in [0, 0.1) is 5.92 Å². The first-order valence-corrected chi connectivity index (χ1v) is 7.92. The van der Waals surface area contributed by atoms with Gasteiger partial charge in [0, 0.05) is 6.54 Å². The van der Waals surface area contributed by atoms with Crippen LogP contribution >= 0.6 is 12.2 Å². The summed E-state index contributed by atoms with van der Waals surface area (Å²) in [6.07, 6.45) is 0.949. The molecule has 0 aromatic carbocycles. The third-order valence-corrected chi connectivity index (χ3v) is 3.56. The molecule has 0 radical (unpaired) electrons. The van der Waals surface area contributed by atoms with Crippen molar-refractivity contribution < 1.29 is 14.4 Å². The van der Waals surface area contributed by atoms with Gasteiger partial charge in [0.25, 0.3) is 0 Å². The molecular formula is C13H26BN5O3S. The Morgan fingerprint density at radius 2 is 1.83 bits per heavy atom. The maximum absolute atomic E-state index is 12.4. The number of ketones is 1. The van der Waals surface area contributed by atoms with Gasteiger partial charge in [0.05, 0.1) is 6.04 Å². The number of primary amides is 1. The van der Waals surface area contributed by atoms with Gasteiger partial charge in [-0.25, -0.2) is 4.79 Å². The van der Waals surface area contributed by atoms with Gasteiger partial charge in [-0.2, -0.15) is 0 Å². The minimum Gasteiger partial charge on any atom is -0.413 e. The van der Waals surface area contributed by atoms with E-state index in [4.69, 9.17) is 18.0 Å². The van der Waals surface area contributed by atoms with Crippen molar-refractivity contribution >= 4 is 43.0 Å². The number of urea groups is 1. The predicted molar refractivity (Wildman–Crippen MR) is 95.5 cm³/mol. The van der Waals surface area contributed by atoms with Crippen LogP contribution in [0.2, 0.25) is 0 Å². The summed E-state index contributed by atoms with van der Waals surface area (Å²) >= 11 is 5.02. The Balaban J connectivity index is 4.64. The SMILES string of the molecule is BNC(=S)N[C@H](C(=O)N[C@@H](CCCNC(N)=O)C(C)=O)C(C)C. The van der Waals surface area contributed by atoms with Gasteiger partial charge in [-0.15, -0.1) is 0 Å². The van der Waals surface area contributed by atoms with Gasteiger partial charge < -0.3 is 26.9 Å². The molecule has 0 aliphatic rings. The zero-order valence-corrected chi connectivity index (χ0v) is 14.9. The summed E-state index contributed by atoms with van der Waals surface area (Å²) < 4.78 is 0. The number of nitrogens with two attached hydrogens (primary N) is 1. The quantitative estimate of drug-likeness (QED) is 0.198. The molecule has 130 valence electrons. The zero-order valence-electron chi connectivity index (χ0n) is 14.1. The van der Waals surface area contributed by atoms with Crippen LogP contribution in [-0.2, 0) is 9.59 Å². The van der Waals surface area contributed by atoms with E-state index in [1.807, 2.05) is 13.8 Å². The Hall–Kier alpha value is -1.84. The number of Topliss-reactive ketones (excluding diaryl/α,β-unsaturated/α-hetero) is 1. The Morgan fingerprint density at radius 1 is 1.22 bits per heavy atom. The molecule has 0 unspecified atom stereocenters. The van der Waals surface area contributed by atoms with Gasteiger partial charge in [0.15, 0.2) is 10.9 Å². The highest BCUT2D eigenvalue weighted by Gasteiger charge is 2.26. The van der Waals surface area contributed by atoms with Crippen molar-refractivity contribution in [1.82, 2.24) is 21.2 Å². The smallest absolute Gasteiger partial charge is 0.312 e. The van der Waals surface area contributed by atoms with Crippen LogP contribution in [0.5, 0.6) is 0 Å². The van der Waals surface area contributed by atoms with Gasteiger partial charge in [-0.1, -0.05) is 13.8 Å². The van der Waals surface area contributed by atoms with Crippen LogP contribution in [0.1, 0.15) is 33.6 Å². The Bertz CT molecular complexity index is 447. The van der Waals surface area contributed by atoms with Crippen molar-refractivity contribution in [2.45, 2.75) is 45.7 Å². The number of carbonyl (C=O) groups is 3. The van der Waals surface area contributed by atoms with Crippen molar-refractivity contribution in [3.05, 3.63) is 0 Å². The molecule has 0 aliphatic carbocycles. The van der Waals surface area contributed by atoms with E-state index in [-0.39, 0.29) is 17.6 Å². The molecule has 0 aliphatic heterocycles. The van der Waals surface area contributed by atoms with Gasteiger partial charge >= 0.3 is 6.03 Å². The van der Waals surface area contributed by atoms with Crippen LogP contribution < -0.4 is 26.9 Å². The monoisotopic (exact) mass is 343 g/mol.